The quantitative estimate of drug-likeness (QED) is 0.822. The molecule has 0 bridgehead atoms. The van der Waals surface area contributed by atoms with Crippen molar-refractivity contribution in [2.45, 2.75) is 57.3 Å². The third-order valence-electron chi connectivity index (χ3n) is 3.68. The lowest BCUT2D eigenvalue weighted by molar-refractivity contribution is 0.0145. The maximum absolute atomic E-state index is 9.70. The van der Waals surface area contributed by atoms with Gasteiger partial charge in [0.25, 0.3) is 0 Å². The fourth-order valence-corrected chi connectivity index (χ4v) is 2.69. The van der Waals surface area contributed by atoms with Gasteiger partial charge in [-0.3, -0.25) is 0 Å². The maximum Gasteiger partial charge on any atom is 0.135 e. The molecule has 2 unspecified atom stereocenters. The average Bonchev–Trinajstić information content (AvgIpc) is 2.73. The number of aromatic nitrogens is 3. The van der Waals surface area contributed by atoms with Crippen LogP contribution in [0.2, 0.25) is 0 Å². The lowest BCUT2D eigenvalue weighted by Gasteiger charge is -2.24. The molecular formula is C12H19N3O2. The largest absolute Gasteiger partial charge is 0.391 e. The normalized spacial score (nSPS) is 29.0. The summed E-state index contributed by atoms with van der Waals surface area (Å²) in [4.78, 5) is 0. The Kier molecular flexibility index (Phi) is 3.11. The molecule has 0 radical (unpaired) electrons. The lowest BCUT2D eigenvalue weighted by atomic mass is 10.1. The first kappa shape index (κ1) is 11.2. The minimum absolute atomic E-state index is 0.246. The van der Waals surface area contributed by atoms with Crippen molar-refractivity contribution < 1.29 is 9.84 Å². The molecule has 0 amide bonds. The molecule has 0 spiro atoms. The first-order valence-corrected chi connectivity index (χ1v) is 6.53. The van der Waals surface area contributed by atoms with E-state index in [0.717, 1.165) is 43.9 Å². The van der Waals surface area contributed by atoms with Crippen LogP contribution < -0.4 is 0 Å². The van der Waals surface area contributed by atoms with Gasteiger partial charge >= 0.3 is 0 Å². The van der Waals surface area contributed by atoms with Gasteiger partial charge in [-0.25, -0.2) is 0 Å². The smallest absolute Gasteiger partial charge is 0.135 e. The van der Waals surface area contributed by atoms with Gasteiger partial charge in [-0.1, -0.05) is 0 Å². The maximum atomic E-state index is 9.70. The molecule has 1 fully saturated rings. The number of nitrogens with zero attached hydrogens (tertiary/aromatic N) is 3. The fourth-order valence-electron chi connectivity index (χ4n) is 2.69. The van der Waals surface area contributed by atoms with Gasteiger partial charge in [0.1, 0.15) is 11.6 Å². The van der Waals surface area contributed by atoms with Crippen molar-refractivity contribution in [2.75, 3.05) is 6.61 Å². The van der Waals surface area contributed by atoms with Gasteiger partial charge < -0.3 is 14.4 Å². The van der Waals surface area contributed by atoms with Gasteiger partial charge in [0.05, 0.1) is 18.8 Å². The van der Waals surface area contributed by atoms with E-state index in [2.05, 4.69) is 14.8 Å². The Morgan fingerprint density at radius 1 is 1.29 bits per heavy atom. The van der Waals surface area contributed by atoms with Crippen molar-refractivity contribution >= 4 is 0 Å². The van der Waals surface area contributed by atoms with E-state index in [4.69, 9.17) is 4.74 Å². The molecule has 1 N–H and O–H groups in total. The summed E-state index contributed by atoms with van der Waals surface area (Å²) in [5.41, 5.74) is 0. The van der Waals surface area contributed by atoms with Crippen LogP contribution in [0.25, 0.3) is 0 Å². The molecule has 5 nitrogen and oxygen atoms in total. The first-order valence-electron chi connectivity index (χ1n) is 6.53. The summed E-state index contributed by atoms with van der Waals surface area (Å²) in [6, 6.07) is 0. The van der Waals surface area contributed by atoms with E-state index in [9.17, 15) is 5.11 Å². The van der Waals surface area contributed by atoms with Crippen molar-refractivity contribution in [3.63, 3.8) is 0 Å². The number of aryl methyl sites for hydroxylation is 1. The summed E-state index contributed by atoms with van der Waals surface area (Å²) in [6.07, 6.45) is 6.05. The predicted molar refractivity (Wildman–Crippen MR) is 61.6 cm³/mol. The zero-order valence-corrected chi connectivity index (χ0v) is 10.0. The summed E-state index contributed by atoms with van der Waals surface area (Å²) in [5.74, 6) is 1.99. The Morgan fingerprint density at radius 2 is 2.24 bits per heavy atom. The van der Waals surface area contributed by atoms with Crippen LogP contribution in [0.5, 0.6) is 0 Å². The Bertz CT molecular complexity index is 385. The Morgan fingerprint density at radius 3 is 3.06 bits per heavy atom. The van der Waals surface area contributed by atoms with E-state index in [1.54, 1.807) is 0 Å². The monoisotopic (exact) mass is 237 g/mol. The number of hydrogen-bond donors (Lipinski definition) is 1. The Balaban J connectivity index is 1.72. The van der Waals surface area contributed by atoms with Crippen molar-refractivity contribution in [2.24, 2.45) is 0 Å². The van der Waals surface area contributed by atoms with Crippen LogP contribution in [0.4, 0.5) is 0 Å². The average molecular weight is 237 g/mol. The van der Waals surface area contributed by atoms with E-state index in [1.165, 1.54) is 12.8 Å². The van der Waals surface area contributed by atoms with Crippen LogP contribution in [0.3, 0.4) is 0 Å². The van der Waals surface area contributed by atoms with Crippen LogP contribution in [-0.2, 0) is 24.1 Å². The molecule has 1 aromatic heterocycles. The van der Waals surface area contributed by atoms with E-state index < -0.39 is 0 Å². The second-order valence-electron chi connectivity index (χ2n) is 5.03. The molecule has 0 aliphatic carbocycles. The van der Waals surface area contributed by atoms with Gasteiger partial charge in [0.2, 0.25) is 0 Å². The summed E-state index contributed by atoms with van der Waals surface area (Å²) in [7, 11) is 0. The third kappa shape index (κ3) is 2.35. The van der Waals surface area contributed by atoms with Crippen LogP contribution in [0.15, 0.2) is 0 Å². The van der Waals surface area contributed by atoms with Crippen molar-refractivity contribution in [3.05, 3.63) is 11.6 Å². The number of rotatable bonds is 2. The van der Waals surface area contributed by atoms with Crippen LogP contribution in [0.1, 0.15) is 37.3 Å². The Labute approximate surface area is 101 Å². The van der Waals surface area contributed by atoms with Gasteiger partial charge in [-0.05, 0) is 25.7 Å². The second-order valence-corrected chi connectivity index (χ2v) is 5.03. The highest BCUT2D eigenvalue weighted by molar-refractivity contribution is 5.01. The molecule has 94 valence electrons. The molecule has 17 heavy (non-hydrogen) atoms. The number of hydrogen-bond acceptors (Lipinski definition) is 4. The number of aliphatic hydroxyl groups excluding tert-OH is 1. The molecule has 3 heterocycles. The zero-order valence-electron chi connectivity index (χ0n) is 10.0. The predicted octanol–water partition coefficient (Wildman–Crippen LogP) is 0.697. The van der Waals surface area contributed by atoms with Crippen LogP contribution >= 0.6 is 0 Å². The lowest BCUT2D eigenvalue weighted by Crippen LogP contribution is -2.28. The Hall–Kier alpha value is -0.940. The standard InChI is InChI=1S/C12H19N3O2/c16-9-4-5-11-13-14-12(15(11)8-9)7-10-3-1-2-6-17-10/h9-10,16H,1-8H2. The third-order valence-corrected chi connectivity index (χ3v) is 3.68. The molecule has 0 saturated carbocycles. The minimum Gasteiger partial charge on any atom is -0.391 e. The van der Waals surface area contributed by atoms with Gasteiger partial charge in [-0.15, -0.1) is 10.2 Å². The van der Waals surface area contributed by atoms with E-state index in [-0.39, 0.29) is 12.2 Å². The second kappa shape index (κ2) is 4.74. The minimum atomic E-state index is -0.246. The number of fused-ring (bicyclic) bond motifs is 1. The van der Waals surface area contributed by atoms with Crippen LogP contribution in [-0.4, -0.2) is 38.7 Å². The van der Waals surface area contributed by atoms with E-state index in [1.807, 2.05) is 0 Å². The highest BCUT2D eigenvalue weighted by atomic mass is 16.5. The number of ether oxygens (including phenoxy) is 1. The summed E-state index contributed by atoms with van der Waals surface area (Å²) in [6.45, 7) is 1.51. The fraction of sp³-hybridized carbons (Fsp3) is 0.833. The molecule has 2 atom stereocenters. The molecule has 1 saturated heterocycles. The SMILES string of the molecule is OC1CCc2nnc(CC3CCCCO3)n2C1. The molecule has 2 aliphatic rings. The van der Waals surface area contributed by atoms with E-state index >= 15 is 0 Å². The molecule has 0 aromatic carbocycles. The highest BCUT2D eigenvalue weighted by Gasteiger charge is 2.24. The highest BCUT2D eigenvalue weighted by Crippen LogP contribution is 2.20. The molecule has 2 aliphatic heterocycles. The number of aliphatic hydroxyl groups is 1. The van der Waals surface area contributed by atoms with Crippen molar-refractivity contribution in [3.8, 4) is 0 Å². The summed E-state index contributed by atoms with van der Waals surface area (Å²) >= 11 is 0. The topological polar surface area (TPSA) is 60.2 Å². The summed E-state index contributed by atoms with van der Waals surface area (Å²) in [5, 5.41) is 18.1. The van der Waals surface area contributed by atoms with Gasteiger partial charge in [-0.2, -0.15) is 0 Å². The van der Waals surface area contributed by atoms with Crippen molar-refractivity contribution in [1.82, 2.24) is 14.8 Å². The van der Waals surface area contributed by atoms with Crippen molar-refractivity contribution in [1.29, 1.82) is 0 Å². The van der Waals surface area contributed by atoms with Gasteiger partial charge in [0, 0.05) is 19.4 Å². The van der Waals surface area contributed by atoms with Crippen LogP contribution in [0, 0.1) is 0 Å². The summed E-state index contributed by atoms with van der Waals surface area (Å²) < 4.78 is 7.80. The van der Waals surface area contributed by atoms with E-state index in [0.29, 0.717) is 6.54 Å². The first-order chi connectivity index (χ1) is 8.33. The van der Waals surface area contributed by atoms with Gasteiger partial charge in [0.15, 0.2) is 0 Å². The molecule has 3 rings (SSSR count). The molecule has 1 aromatic rings. The molecule has 5 heteroatoms. The zero-order chi connectivity index (χ0) is 11.7. The molecular weight excluding hydrogens is 218 g/mol.